The topological polar surface area (TPSA) is 67.5 Å². The summed E-state index contributed by atoms with van der Waals surface area (Å²) < 4.78 is 7.16. The molecule has 1 aliphatic heterocycles. The highest BCUT2D eigenvalue weighted by Crippen LogP contribution is 2.14. The van der Waals surface area contributed by atoms with Gasteiger partial charge in [0.05, 0.1) is 12.8 Å². The van der Waals surface area contributed by atoms with E-state index in [4.69, 9.17) is 4.42 Å². The number of aromatic nitrogens is 1. The molecule has 3 heterocycles. The zero-order valence-corrected chi connectivity index (χ0v) is 14.1. The lowest BCUT2D eigenvalue weighted by Crippen LogP contribution is -2.45. The lowest BCUT2D eigenvalue weighted by molar-refractivity contribution is 0.0904. The van der Waals surface area contributed by atoms with E-state index in [1.54, 1.807) is 17.0 Å². The Morgan fingerprint density at radius 3 is 2.79 bits per heavy atom. The number of piperidine rings is 1. The average molecular weight is 329 g/mol. The number of likely N-dealkylation sites (tertiary alicyclic amines) is 1. The summed E-state index contributed by atoms with van der Waals surface area (Å²) in [5.41, 5.74) is 0.822. The van der Waals surface area contributed by atoms with E-state index in [1.165, 1.54) is 6.07 Å². The molecule has 0 radical (unpaired) electrons. The van der Waals surface area contributed by atoms with Gasteiger partial charge in [-0.3, -0.25) is 14.5 Å². The number of carbonyl (C=O) groups excluding carboxylic acids is 1. The van der Waals surface area contributed by atoms with Crippen LogP contribution in [-0.4, -0.2) is 34.5 Å². The maximum atomic E-state index is 12.4. The number of nitrogens with one attached hydrogen (secondary N) is 1. The largest absolute Gasteiger partial charge is 0.468 e. The van der Waals surface area contributed by atoms with Crippen molar-refractivity contribution in [1.29, 1.82) is 0 Å². The monoisotopic (exact) mass is 329 g/mol. The number of amides is 1. The lowest BCUT2D eigenvalue weighted by Gasteiger charge is -2.31. The van der Waals surface area contributed by atoms with Crippen LogP contribution in [0.5, 0.6) is 0 Å². The number of hydrogen-bond acceptors (Lipinski definition) is 4. The first kappa shape index (κ1) is 16.5. The molecule has 1 aliphatic rings. The third kappa shape index (κ3) is 3.76. The molecule has 6 heteroatoms. The summed E-state index contributed by atoms with van der Waals surface area (Å²) in [5.74, 6) is 0.681. The quantitative estimate of drug-likeness (QED) is 0.927. The Balaban J connectivity index is 1.55. The molecule has 6 nitrogen and oxygen atoms in total. The van der Waals surface area contributed by atoms with Crippen molar-refractivity contribution in [2.24, 2.45) is 7.05 Å². The predicted octanol–water partition coefficient (Wildman–Crippen LogP) is 1.68. The van der Waals surface area contributed by atoms with E-state index in [1.807, 2.05) is 26.1 Å². The summed E-state index contributed by atoms with van der Waals surface area (Å²) in [6.45, 7) is 4.44. The number of pyridine rings is 1. The van der Waals surface area contributed by atoms with Crippen LogP contribution in [0.4, 0.5) is 0 Å². The minimum absolute atomic E-state index is 0.108. The number of furan rings is 1. The highest BCUT2D eigenvalue weighted by Gasteiger charge is 2.22. The van der Waals surface area contributed by atoms with Crippen LogP contribution >= 0.6 is 0 Å². The van der Waals surface area contributed by atoms with Crippen LogP contribution in [0.25, 0.3) is 0 Å². The summed E-state index contributed by atoms with van der Waals surface area (Å²) in [6, 6.07) is 5.48. The summed E-state index contributed by atoms with van der Waals surface area (Å²) >= 11 is 0. The second kappa shape index (κ2) is 7.05. The molecule has 1 fully saturated rings. The fourth-order valence-electron chi connectivity index (χ4n) is 3.02. The van der Waals surface area contributed by atoms with Crippen molar-refractivity contribution in [1.82, 2.24) is 14.8 Å². The number of carbonyl (C=O) groups is 1. The molecule has 3 rings (SSSR count). The highest BCUT2D eigenvalue weighted by atomic mass is 16.3. The van der Waals surface area contributed by atoms with Gasteiger partial charge in [-0.25, -0.2) is 0 Å². The van der Waals surface area contributed by atoms with Crippen molar-refractivity contribution in [3.63, 3.8) is 0 Å². The van der Waals surface area contributed by atoms with Gasteiger partial charge in [0.15, 0.2) is 5.43 Å². The van der Waals surface area contributed by atoms with Gasteiger partial charge in [-0.2, -0.15) is 0 Å². The molecule has 1 saturated heterocycles. The average Bonchev–Trinajstić information content (AvgIpc) is 3.05. The van der Waals surface area contributed by atoms with E-state index in [0.717, 1.165) is 43.9 Å². The van der Waals surface area contributed by atoms with Gasteiger partial charge in [-0.1, -0.05) is 0 Å². The van der Waals surface area contributed by atoms with Crippen molar-refractivity contribution in [2.45, 2.75) is 32.4 Å². The van der Waals surface area contributed by atoms with Crippen LogP contribution in [0.15, 0.2) is 39.9 Å². The molecule has 1 N–H and O–H groups in total. The van der Waals surface area contributed by atoms with E-state index >= 15 is 0 Å². The van der Waals surface area contributed by atoms with Gasteiger partial charge in [0.1, 0.15) is 11.3 Å². The maximum absolute atomic E-state index is 12.4. The van der Waals surface area contributed by atoms with Gasteiger partial charge in [0.2, 0.25) is 0 Å². The first-order valence-corrected chi connectivity index (χ1v) is 8.26. The first-order valence-electron chi connectivity index (χ1n) is 8.26. The molecule has 2 aromatic heterocycles. The number of hydrogen-bond donors (Lipinski definition) is 1. The van der Waals surface area contributed by atoms with Gasteiger partial charge >= 0.3 is 0 Å². The predicted molar refractivity (Wildman–Crippen MR) is 90.9 cm³/mol. The fraction of sp³-hybridized carbons (Fsp3) is 0.444. The molecule has 0 spiro atoms. The third-order valence-electron chi connectivity index (χ3n) is 4.61. The van der Waals surface area contributed by atoms with Crippen LogP contribution in [0.1, 0.15) is 34.7 Å². The van der Waals surface area contributed by atoms with Gasteiger partial charge in [0.25, 0.3) is 5.91 Å². The Labute approximate surface area is 141 Å². The molecule has 0 atom stereocenters. The lowest BCUT2D eigenvalue weighted by atomic mass is 10.0. The van der Waals surface area contributed by atoms with Crippen LogP contribution < -0.4 is 10.7 Å². The molecule has 24 heavy (non-hydrogen) atoms. The van der Waals surface area contributed by atoms with Crippen molar-refractivity contribution in [2.75, 3.05) is 13.1 Å². The Bertz CT molecular complexity index is 756. The van der Waals surface area contributed by atoms with E-state index in [0.29, 0.717) is 0 Å². The van der Waals surface area contributed by atoms with Crippen LogP contribution in [0.3, 0.4) is 0 Å². The summed E-state index contributed by atoms with van der Waals surface area (Å²) in [4.78, 5) is 26.7. The molecule has 0 unspecified atom stereocenters. The van der Waals surface area contributed by atoms with Gasteiger partial charge in [-0.05, 0) is 31.9 Å². The van der Waals surface area contributed by atoms with E-state index in [9.17, 15) is 9.59 Å². The van der Waals surface area contributed by atoms with Crippen LogP contribution in [-0.2, 0) is 13.6 Å². The van der Waals surface area contributed by atoms with Crippen molar-refractivity contribution < 1.29 is 9.21 Å². The minimum Gasteiger partial charge on any atom is -0.468 e. The smallest absolute Gasteiger partial charge is 0.256 e. The molecule has 2 aromatic rings. The Kier molecular flexibility index (Phi) is 4.85. The van der Waals surface area contributed by atoms with Crippen molar-refractivity contribution >= 4 is 5.91 Å². The molecule has 0 aromatic carbocycles. The number of aryl methyl sites for hydroxylation is 2. The van der Waals surface area contributed by atoms with E-state index in [-0.39, 0.29) is 22.9 Å². The van der Waals surface area contributed by atoms with Gasteiger partial charge in [0, 0.05) is 44.1 Å². The molecule has 0 saturated carbocycles. The Hall–Kier alpha value is -2.34. The summed E-state index contributed by atoms with van der Waals surface area (Å²) in [5, 5.41) is 3.00. The SMILES string of the molecule is Cc1cc(=O)c(C(=O)NC2CCN(Cc3ccco3)CC2)cn1C. The maximum Gasteiger partial charge on any atom is 0.256 e. The fourth-order valence-corrected chi connectivity index (χ4v) is 3.02. The minimum atomic E-state index is -0.278. The van der Waals surface area contributed by atoms with Crippen molar-refractivity contribution in [3.05, 3.63) is 57.9 Å². The number of nitrogens with zero attached hydrogens (tertiary/aromatic N) is 2. The molecule has 1 amide bonds. The normalized spacial score (nSPS) is 16.2. The highest BCUT2D eigenvalue weighted by molar-refractivity contribution is 5.94. The van der Waals surface area contributed by atoms with Gasteiger partial charge < -0.3 is 14.3 Å². The van der Waals surface area contributed by atoms with Crippen LogP contribution in [0, 0.1) is 6.92 Å². The van der Waals surface area contributed by atoms with Gasteiger partial charge in [-0.15, -0.1) is 0 Å². The Morgan fingerprint density at radius 2 is 2.12 bits per heavy atom. The Morgan fingerprint density at radius 1 is 1.38 bits per heavy atom. The zero-order valence-electron chi connectivity index (χ0n) is 14.1. The molecule has 0 aliphatic carbocycles. The van der Waals surface area contributed by atoms with E-state index in [2.05, 4.69) is 10.2 Å². The summed E-state index contributed by atoms with van der Waals surface area (Å²) in [6.07, 6.45) is 5.04. The molecule has 0 bridgehead atoms. The summed E-state index contributed by atoms with van der Waals surface area (Å²) in [7, 11) is 1.83. The van der Waals surface area contributed by atoms with Crippen molar-refractivity contribution in [3.8, 4) is 0 Å². The van der Waals surface area contributed by atoms with E-state index < -0.39 is 0 Å². The second-order valence-electron chi connectivity index (χ2n) is 6.41. The third-order valence-corrected chi connectivity index (χ3v) is 4.61. The van der Waals surface area contributed by atoms with Crippen LogP contribution in [0.2, 0.25) is 0 Å². The first-order chi connectivity index (χ1) is 11.5. The molecule has 128 valence electrons. The molecular weight excluding hydrogens is 306 g/mol. The zero-order chi connectivity index (χ0) is 17.1. The molecular formula is C18H23N3O3. The number of rotatable bonds is 4. The second-order valence-corrected chi connectivity index (χ2v) is 6.41. The standard InChI is InChI=1S/C18H23N3O3/c1-13-10-17(22)16(12-20(13)2)18(23)19-14-5-7-21(8-6-14)11-15-4-3-9-24-15/h3-4,9-10,12,14H,5-8,11H2,1-2H3,(H,19,23).